The molecule has 0 bridgehead atoms. The normalized spacial score (nSPS) is 11.0. The first-order valence-electron chi connectivity index (χ1n) is 8.40. The highest BCUT2D eigenvalue weighted by Gasteiger charge is 2.32. The van der Waals surface area contributed by atoms with Crippen LogP contribution in [0.1, 0.15) is 10.5 Å². The molecule has 0 saturated carbocycles. The van der Waals surface area contributed by atoms with Gasteiger partial charge in [0.2, 0.25) is 0 Å². The van der Waals surface area contributed by atoms with Crippen molar-refractivity contribution >= 4 is 33.8 Å². The largest absolute Gasteiger partial charge is 0.573 e. The number of benzene rings is 2. The zero-order valence-corrected chi connectivity index (χ0v) is 16.6. The average molecular weight is 439 g/mol. The van der Waals surface area contributed by atoms with Crippen molar-refractivity contribution < 1.29 is 32.2 Å². The molecular weight excluding hydrogens is 423 g/mol. The third-order valence-electron chi connectivity index (χ3n) is 3.73. The second-order valence-electron chi connectivity index (χ2n) is 5.73. The van der Waals surface area contributed by atoms with E-state index in [-0.39, 0.29) is 11.4 Å². The smallest absolute Gasteiger partial charge is 0.493 e. The van der Waals surface area contributed by atoms with Crippen LogP contribution in [-0.2, 0) is 0 Å². The maximum Gasteiger partial charge on any atom is 0.573 e. The molecule has 1 aromatic heterocycles. The van der Waals surface area contributed by atoms with Gasteiger partial charge >= 0.3 is 6.36 Å². The van der Waals surface area contributed by atoms with Crippen LogP contribution in [0.25, 0.3) is 0 Å². The van der Waals surface area contributed by atoms with Crippen molar-refractivity contribution in [1.29, 1.82) is 0 Å². The summed E-state index contributed by atoms with van der Waals surface area (Å²) in [5, 5.41) is 7.29. The SMILES string of the molecule is COc1ccc(Nc2nc(C(=O)Nc3ccccc3OC(F)(F)F)cs2)cc1OC. The molecule has 30 heavy (non-hydrogen) atoms. The highest BCUT2D eigenvalue weighted by molar-refractivity contribution is 7.14. The number of alkyl halides is 3. The summed E-state index contributed by atoms with van der Waals surface area (Å²) in [6, 6.07) is 10.4. The summed E-state index contributed by atoms with van der Waals surface area (Å²) < 4.78 is 51.9. The van der Waals surface area contributed by atoms with Crippen molar-refractivity contribution in [1.82, 2.24) is 4.98 Å². The highest BCUT2D eigenvalue weighted by Crippen LogP contribution is 2.33. The lowest BCUT2D eigenvalue weighted by molar-refractivity contribution is -0.274. The van der Waals surface area contributed by atoms with Gasteiger partial charge in [-0.2, -0.15) is 0 Å². The van der Waals surface area contributed by atoms with Gasteiger partial charge in [0, 0.05) is 17.1 Å². The second-order valence-corrected chi connectivity index (χ2v) is 6.59. The van der Waals surface area contributed by atoms with Gasteiger partial charge in [0.1, 0.15) is 5.69 Å². The van der Waals surface area contributed by atoms with Gasteiger partial charge in [0.15, 0.2) is 22.4 Å². The minimum Gasteiger partial charge on any atom is -0.493 e. The Balaban J connectivity index is 1.72. The average Bonchev–Trinajstić information content (AvgIpc) is 3.17. The molecule has 0 aliphatic rings. The van der Waals surface area contributed by atoms with Crippen LogP contribution in [0.2, 0.25) is 0 Å². The third kappa shape index (κ3) is 5.32. The van der Waals surface area contributed by atoms with E-state index in [0.717, 1.165) is 17.4 Å². The van der Waals surface area contributed by atoms with Gasteiger partial charge in [-0.1, -0.05) is 12.1 Å². The Morgan fingerprint density at radius 3 is 2.47 bits per heavy atom. The maximum atomic E-state index is 12.5. The number of nitrogens with one attached hydrogen (secondary N) is 2. The van der Waals surface area contributed by atoms with Crippen LogP contribution in [0.5, 0.6) is 17.2 Å². The van der Waals surface area contributed by atoms with Crippen molar-refractivity contribution in [3.8, 4) is 17.2 Å². The van der Waals surface area contributed by atoms with Crippen LogP contribution >= 0.6 is 11.3 Å². The van der Waals surface area contributed by atoms with E-state index in [1.807, 2.05) is 0 Å². The maximum absolute atomic E-state index is 12.5. The molecule has 11 heteroatoms. The fourth-order valence-electron chi connectivity index (χ4n) is 2.44. The molecule has 0 radical (unpaired) electrons. The lowest BCUT2D eigenvalue weighted by atomic mass is 10.3. The lowest BCUT2D eigenvalue weighted by Gasteiger charge is -2.13. The number of methoxy groups -OCH3 is 2. The van der Waals surface area contributed by atoms with E-state index in [2.05, 4.69) is 20.4 Å². The molecule has 3 rings (SSSR count). The fourth-order valence-corrected chi connectivity index (χ4v) is 3.15. The van der Waals surface area contributed by atoms with E-state index >= 15 is 0 Å². The molecule has 0 saturated heterocycles. The van der Waals surface area contributed by atoms with Gasteiger partial charge in [-0.05, 0) is 24.3 Å². The minimum absolute atomic E-state index is 0.0322. The topological polar surface area (TPSA) is 81.7 Å². The Bertz CT molecular complexity index is 1040. The monoisotopic (exact) mass is 439 g/mol. The summed E-state index contributed by atoms with van der Waals surface area (Å²) >= 11 is 1.15. The number of carbonyl (C=O) groups excluding carboxylic acids is 1. The Morgan fingerprint density at radius 1 is 1.03 bits per heavy atom. The molecule has 2 N–H and O–H groups in total. The summed E-state index contributed by atoms with van der Waals surface area (Å²) in [6.45, 7) is 0. The van der Waals surface area contributed by atoms with E-state index in [0.29, 0.717) is 22.3 Å². The summed E-state index contributed by atoms with van der Waals surface area (Å²) in [4.78, 5) is 16.6. The lowest BCUT2D eigenvalue weighted by Crippen LogP contribution is -2.19. The quantitative estimate of drug-likeness (QED) is 0.536. The van der Waals surface area contributed by atoms with Crippen LogP contribution in [0.3, 0.4) is 0 Å². The van der Waals surface area contributed by atoms with Crippen molar-refractivity contribution in [2.75, 3.05) is 24.9 Å². The number of aromatic nitrogens is 1. The molecule has 0 aliphatic heterocycles. The van der Waals surface area contributed by atoms with Crippen molar-refractivity contribution in [2.24, 2.45) is 0 Å². The minimum atomic E-state index is -4.88. The first-order valence-corrected chi connectivity index (χ1v) is 9.27. The zero-order valence-electron chi connectivity index (χ0n) is 15.7. The number of amides is 1. The molecule has 0 spiro atoms. The van der Waals surface area contributed by atoms with Crippen LogP contribution in [-0.4, -0.2) is 31.5 Å². The summed E-state index contributed by atoms with van der Waals surface area (Å²) in [5.41, 5.74) is 0.560. The van der Waals surface area contributed by atoms with E-state index in [1.54, 1.807) is 18.2 Å². The van der Waals surface area contributed by atoms with Crippen LogP contribution in [0.4, 0.5) is 29.7 Å². The highest BCUT2D eigenvalue weighted by atomic mass is 32.1. The van der Waals surface area contributed by atoms with Gasteiger partial charge in [-0.25, -0.2) is 4.98 Å². The number of anilines is 3. The number of carbonyl (C=O) groups is 1. The number of ether oxygens (including phenoxy) is 3. The first-order chi connectivity index (χ1) is 14.3. The van der Waals surface area contributed by atoms with Gasteiger partial charge in [0.05, 0.1) is 19.9 Å². The Hall–Kier alpha value is -3.47. The molecule has 0 atom stereocenters. The van der Waals surface area contributed by atoms with Crippen molar-refractivity contribution in [3.63, 3.8) is 0 Å². The Morgan fingerprint density at radius 2 is 1.77 bits per heavy atom. The summed E-state index contributed by atoms with van der Waals surface area (Å²) in [6.07, 6.45) is -4.88. The molecule has 2 aromatic carbocycles. The van der Waals surface area contributed by atoms with Gasteiger partial charge in [-0.3, -0.25) is 4.79 Å². The van der Waals surface area contributed by atoms with E-state index in [9.17, 15) is 18.0 Å². The molecule has 1 heterocycles. The van der Waals surface area contributed by atoms with Crippen LogP contribution < -0.4 is 24.8 Å². The molecule has 0 fully saturated rings. The number of para-hydroxylation sites is 2. The summed E-state index contributed by atoms with van der Waals surface area (Å²) in [5.74, 6) is -0.123. The number of hydrogen-bond donors (Lipinski definition) is 2. The standard InChI is InChI=1S/C19H16F3N3O4S/c1-27-15-8-7-11(9-16(15)28-2)23-18-25-13(10-30-18)17(26)24-12-5-3-4-6-14(12)29-19(20,21)22/h3-10H,1-2H3,(H,23,25)(H,24,26). The zero-order chi connectivity index (χ0) is 21.7. The molecule has 0 aliphatic carbocycles. The number of thiazole rings is 1. The van der Waals surface area contributed by atoms with Gasteiger partial charge < -0.3 is 24.8 Å². The predicted molar refractivity (Wildman–Crippen MR) is 106 cm³/mol. The van der Waals surface area contributed by atoms with E-state index < -0.39 is 18.0 Å². The van der Waals surface area contributed by atoms with E-state index in [4.69, 9.17) is 9.47 Å². The fraction of sp³-hybridized carbons (Fsp3) is 0.158. The number of rotatable bonds is 7. The molecule has 3 aromatic rings. The van der Waals surface area contributed by atoms with Gasteiger partial charge in [0.25, 0.3) is 5.91 Å². The Labute approximate surface area is 173 Å². The number of nitrogens with zero attached hydrogens (tertiary/aromatic N) is 1. The first kappa shape index (κ1) is 21.2. The van der Waals surface area contributed by atoms with Gasteiger partial charge in [-0.15, -0.1) is 24.5 Å². The molecule has 0 unspecified atom stereocenters. The Kier molecular flexibility index (Phi) is 6.31. The predicted octanol–water partition coefficient (Wildman–Crippen LogP) is 5.05. The third-order valence-corrected chi connectivity index (χ3v) is 4.49. The number of halogens is 3. The molecular formula is C19H16F3N3O4S. The molecule has 7 nitrogen and oxygen atoms in total. The second kappa shape index (κ2) is 8.91. The molecule has 1 amide bonds. The van der Waals surface area contributed by atoms with Crippen LogP contribution in [0, 0.1) is 0 Å². The van der Waals surface area contributed by atoms with E-state index in [1.165, 1.54) is 37.8 Å². The number of hydrogen-bond acceptors (Lipinski definition) is 7. The molecule has 158 valence electrons. The van der Waals surface area contributed by atoms with Crippen molar-refractivity contribution in [2.45, 2.75) is 6.36 Å². The summed E-state index contributed by atoms with van der Waals surface area (Å²) in [7, 11) is 3.03. The van der Waals surface area contributed by atoms with Crippen LogP contribution in [0.15, 0.2) is 47.8 Å². The van der Waals surface area contributed by atoms with Crippen molar-refractivity contribution in [3.05, 3.63) is 53.5 Å².